The van der Waals surface area contributed by atoms with E-state index in [1.807, 2.05) is 24.3 Å². The molecule has 0 unspecified atom stereocenters. The zero-order valence-electron chi connectivity index (χ0n) is 8.13. The zero-order chi connectivity index (χ0) is 10.8. The number of halogens is 2. The average molecular weight is 331 g/mol. The van der Waals surface area contributed by atoms with Crippen molar-refractivity contribution in [3.63, 3.8) is 0 Å². The molecule has 0 aliphatic heterocycles. The standard InChI is InChI=1S/C11H9Br2NO/c1-7-9(3-2-4-10(7)13)11-5-8(6-12)15-14-11/h2-5H,6H2,1H3. The van der Waals surface area contributed by atoms with Gasteiger partial charge in [0.15, 0.2) is 0 Å². The number of benzene rings is 1. The Kier molecular flexibility index (Phi) is 3.26. The van der Waals surface area contributed by atoms with Gasteiger partial charge in [-0.1, -0.05) is 49.1 Å². The summed E-state index contributed by atoms with van der Waals surface area (Å²) >= 11 is 6.83. The van der Waals surface area contributed by atoms with Crippen molar-refractivity contribution < 1.29 is 4.52 Å². The highest BCUT2D eigenvalue weighted by Crippen LogP contribution is 2.28. The van der Waals surface area contributed by atoms with Gasteiger partial charge >= 0.3 is 0 Å². The predicted octanol–water partition coefficient (Wildman–Crippen LogP) is 4.31. The molecule has 2 aromatic rings. The van der Waals surface area contributed by atoms with Crippen LogP contribution in [0.25, 0.3) is 11.3 Å². The Balaban J connectivity index is 2.49. The molecule has 1 aromatic heterocycles. The SMILES string of the molecule is Cc1c(Br)cccc1-c1cc(CBr)on1. The van der Waals surface area contributed by atoms with Crippen LogP contribution in [0.5, 0.6) is 0 Å². The predicted molar refractivity (Wildman–Crippen MR) is 67.0 cm³/mol. The van der Waals surface area contributed by atoms with Crippen molar-refractivity contribution in [2.75, 3.05) is 0 Å². The molecular weight excluding hydrogens is 322 g/mol. The Morgan fingerprint density at radius 2 is 2.20 bits per heavy atom. The summed E-state index contributed by atoms with van der Waals surface area (Å²) in [6.45, 7) is 2.06. The Labute approximate surface area is 105 Å². The van der Waals surface area contributed by atoms with Gasteiger partial charge in [0.1, 0.15) is 11.5 Å². The van der Waals surface area contributed by atoms with Gasteiger partial charge in [-0.3, -0.25) is 0 Å². The van der Waals surface area contributed by atoms with Gasteiger partial charge in [0.05, 0.1) is 5.33 Å². The van der Waals surface area contributed by atoms with Gasteiger partial charge in [0.25, 0.3) is 0 Å². The first kappa shape index (κ1) is 10.9. The summed E-state index contributed by atoms with van der Waals surface area (Å²) < 4.78 is 6.24. The summed E-state index contributed by atoms with van der Waals surface area (Å²) in [6.07, 6.45) is 0. The molecule has 1 heterocycles. The largest absolute Gasteiger partial charge is 0.360 e. The molecule has 0 radical (unpaired) electrons. The van der Waals surface area contributed by atoms with E-state index in [0.29, 0.717) is 5.33 Å². The highest BCUT2D eigenvalue weighted by atomic mass is 79.9. The van der Waals surface area contributed by atoms with E-state index in [1.165, 1.54) is 5.56 Å². The molecule has 78 valence electrons. The summed E-state index contributed by atoms with van der Waals surface area (Å²) in [7, 11) is 0. The Hall–Kier alpha value is -0.610. The number of rotatable bonds is 2. The van der Waals surface area contributed by atoms with Gasteiger partial charge in [-0.2, -0.15) is 0 Å². The van der Waals surface area contributed by atoms with E-state index in [-0.39, 0.29) is 0 Å². The second-order valence-electron chi connectivity index (χ2n) is 3.22. The molecule has 1 aromatic carbocycles. The molecule has 2 nitrogen and oxygen atoms in total. The molecule has 0 spiro atoms. The molecule has 2 rings (SSSR count). The molecule has 0 aliphatic carbocycles. The molecule has 0 aliphatic rings. The van der Waals surface area contributed by atoms with Crippen LogP contribution < -0.4 is 0 Å². The van der Waals surface area contributed by atoms with Crippen molar-refractivity contribution in [3.05, 3.63) is 40.1 Å². The fourth-order valence-electron chi connectivity index (χ4n) is 1.39. The molecule has 0 saturated heterocycles. The summed E-state index contributed by atoms with van der Waals surface area (Å²) in [5.74, 6) is 0.837. The molecule has 0 N–H and O–H groups in total. The summed E-state index contributed by atoms with van der Waals surface area (Å²) in [6, 6.07) is 8.00. The molecule has 0 bridgehead atoms. The van der Waals surface area contributed by atoms with E-state index in [4.69, 9.17) is 4.52 Å². The third-order valence-corrected chi connectivity index (χ3v) is 3.65. The molecular formula is C11H9Br2NO. The number of hydrogen-bond donors (Lipinski definition) is 0. The maximum atomic E-state index is 5.15. The fourth-order valence-corrected chi connectivity index (χ4v) is 2.02. The maximum absolute atomic E-state index is 5.15. The van der Waals surface area contributed by atoms with Gasteiger partial charge in [-0.25, -0.2) is 0 Å². The third-order valence-electron chi connectivity index (χ3n) is 2.23. The van der Waals surface area contributed by atoms with Crippen LogP contribution in [0, 0.1) is 6.92 Å². The molecule has 15 heavy (non-hydrogen) atoms. The normalized spacial score (nSPS) is 10.6. The third kappa shape index (κ3) is 2.16. The highest BCUT2D eigenvalue weighted by Gasteiger charge is 2.09. The van der Waals surface area contributed by atoms with Crippen LogP contribution in [0.4, 0.5) is 0 Å². The minimum Gasteiger partial charge on any atom is -0.360 e. The number of alkyl halides is 1. The van der Waals surface area contributed by atoms with Crippen LogP contribution >= 0.6 is 31.9 Å². The van der Waals surface area contributed by atoms with Crippen LogP contribution in [0.3, 0.4) is 0 Å². The fraction of sp³-hybridized carbons (Fsp3) is 0.182. The quantitative estimate of drug-likeness (QED) is 0.767. The van der Waals surface area contributed by atoms with E-state index >= 15 is 0 Å². The van der Waals surface area contributed by atoms with Crippen LogP contribution in [0.15, 0.2) is 33.3 Å². The van der Waals surface area contributed by atoms with Crippen molar-refractivity contribution in [2.24, 2.45) is 0 Å². The lowest BCUT2D eigenvalue weighted by molar-refractivity contribution is 0.398. The van der Waals surface area contributed by atoms with E-state index in [9.17, 15) is 0 Å². The van der Waals surface area contributed by atoms with E-state index in [1.54, 1.807) is 0 Å². The smallest absolute Gasteiger partial charge is 0.147 e. The second kappa shape index (κ2) is 4.49. The topological polar surface area (TPSA) is 26.0 Å². The summed E-state index contributed by atoms with van der Waals surface area (Å²) in [4.78, 5) is 0. The first-order chi connectivity index (χ1) is 7.22. The lowest BCUT2D eigenvalue weighted by Gasteiger charge is -2.02. The van der Waals surface area contributed by atoms with Gasteiger partial charge in [-0.15, -0.1) is 0 Å². The Morgan fingerprint density at radius 3 is 2.87 bits per heavy atom. The van der Waals surface area contributed by atoms with Gasteiger partial charge < -0.3 is 4.52 Å². The van der Waals surface area contributed by atoms with Crippen molar-refractivity contribution in [1.29, 1.82) is 0 Å². The van der Waals surface area contributed by atoms with Gasteiger partial charge in [0, 0.05) is 16.1 Å². The number of hydrogen-bond acceptors (Lipinski definition) is 2. The van der Waals surface area contributed by atoms with E-state index in [2.05, 4.69) is 43.9 Å². The van der Waals surface area contributed by atoms with E-state index < -0.39 is 0 Å². The molecule has 0 atom stereocenters. The van der Waals surface area contributed by atoms with E-state index in [0.717, 1.165) is 21.5 Å². The summed E-state index contributed by atoms with van der Waals surface area (Å²) in [5.41, 5.74) is 3.15. The molecule has 0 fully saturated rings. The maximum Gasteiger partial charge on any atom is 0.147 e. The lowest BCUT2D eigenvalue weighted by Crippen LogP contribution is -1.83. The van der Waals surface area contributed by atoms with Gasteiger partial charge in [-0.05, 0) is 18.6 Å². The summed E-state index contributed by atoms with van der Waals surface area (Å²) in [5, 5.41) is 4.72. The Bertz CT molecular complexity index is 479. The van der Waals surface area contributed by atoms with Crippen molar-refractivity contribution >= 4 is 31.9 Å². The van der Waals surface area contributed by atoms with Gasteiger partial charge in [0.2, 0.25) is 0 Å². The van der Waals surface area contributed by atoms with Crippen LogP contribution in [0.2, 0.25) is 0 Å². The van der Waals surface area contributed by atoms with Crippen molar-refractivity contribution in [1.82, 2.24) is 5.16 Å². The molecule has 0 amide bonds. The van der Waals surface area contributed by atoms with Crippen molar-refractivity contribution in [3.8, 4) is 11.3 Å². The first-order valence-electron chi connectivity index (χ1n) is 4.49. The molecule has 0 saturated carbocycles. The van der Waals surface area contributed by atoms with Crippen molar-refractivity contribution in [2.45, 2.75) is 12.3 Å². The minimum absolute atomic E-state index is 0.688. The Morgan fingerprint density at radius 1 is 1.40 bits per heavy atom. The second-order valence-corrected chi connectivity index (χ2v) is 4.64. The molecule has 4 heteroatoms. The monoisotopic (exact) mass is 329 g/mol. The zero-order valence-corrected chi connectivity index (χ0v) is 11.3. The van der Waals surface area contributed by atoms with Crippen LogP contribution in [-0.4, -0.2) is 5.16 Å². The average Bonchev–Trinajstić information content (AvgIpc) is 2.70. The van der Waals surface area contributed by atoms with Crippen LogP contribution in [0.1, 0.15) is 11.3 Å². The number of nitrogens with zero attached hydrogens (tertiary/aromatic N) is 1. The lowest BCUT2D eigenvalue weighted by atomic mass is 10.1. The highest BCUT2D eigenvalue weighted by molar-refractivity contribution is 9.10. The first-order valence-corrected chi connectivity index (χ1v) is 6.41. The number of aromatic nitrogens is 1. The minimum atomic E-state index is 0.688. The van der Waals surface area contributed by atoms with Crippen LogP contribution in [-0.2, 0) is 5.33 Å².